The van der Waals surface area contributed by atoms with Crippen LogP contribution in [0.5, 0.6) is 0 Å². The second-order valence-electron chi connectivity index (χ2n) is 9.90. The Balaban J connectivity index is 1.61. The van der Waals surface area contributed by atoms with Crippen LogP contribution in [0.4, 0.5) is 5.69 Å². The highest BCUT2D eigenvalue weighted by molar-refractivity contribution is 8.34. The summed E-state index contributed by atoms with van der Waals surface area (Å²) < 4.78 is 0. The normalized spacial score (nSPS) is 12.7. The Morgan fingerprint density at radius 3 is 1.79 bits per heavy atom. The molecule has 39 heavy (non-hydrogen) atoms. The van der Waals surface area contributed by atoms with Crippen LogP contribution in [0.15, 0.2) is 171 Å². The number of rotatable bonds is 7. The van der Waals surface area contributed by atoms with E-state index in [9.17, 15) is 0 Å². The van der Waals surface area contributed by atoms with Gasteiger partial charge in [0.15, 0.2) is 0 Å². The summed E-state index contributed by atoms with van der Waals surface area (Å²) in [6, 6.07) is 47.2. The van der Waals surface area contributed by atoms with E-state index in [1.165, 1.54) is 41.8 Å². The molecule has 1 aliphatic carbocycles. The minimum absolute atomic E-state index is 0.932. The molecule has 1 aliphatic rings. The molecule has 2 heteroatoms. The van der Waals surface area contributed by atoms with Crippen molar-refractivity contribution in [1.82, 2.24) is 0 Å². The zero-order chi connectivity index (χ0) is 26.8. The van der Waals surface area contributed by atoms with Gasteiger partial charge < -0.3 is 4.90 Å². The molecule has 1 nitrogen and oxygen atoms in total. The van der Waals surface area contributed by atoms with Crippen LogP contribution in [0.25, 0.3) is 11.1 Å². The molecular weight excluding hydrogens is 490 g/mol. The third-order valence-electron chi connectivity index (χ3n) is 7.68. The van der Waals surface area contributed by atoms with Crippen LogP contribution < -0.4 is 4.90 Å². The van der Waals surface area contributed by atoms with Crippen molar-refractivity contribution in [2.24, 2.45) is 0 Å². The summed E-state index contributed by atoms with van der Waals surface area (Å²) in [5, 5.41) is 0. The molecule has 5 aromatic carbocycles. The lowest BCUT2D eigenvalue weighted by atomic mass is 10.0. The van der Waals surface area contributed by atoms with Gasteiger partial charge in [-0.25, -0.2) is 0 Å². The zero-order valence-electron chi connectivity index (χ0n) is 22.5. The summed E-state index contributed by atoms with van der Waals surface area (Å²) in [6.45, 7) is 6.28. The highest BCUT2D eigenvalue weighted by Crippen LogP contribution is 2.74. The molecular formula is C37H33NS. The number of anilines is 1. The van der Waals surface area contributed by atoms with Crippen molar-refractivity contribution in [3.8, 4) is 11.1 Å². The molecule has 0 fully saturated rings. The second-order valence-corrected chi connectivity index (χ2v) is 13.0. The molecule has 5 aromatic rings. The molecule has 0 atom stereocenters. The van der Waals surface area contributed by atoms with Crippen LogP contribution in [-0.2, 0) is 6.42 Å². The van der Waals surface area contributed by atoms with E-state index >= 15 is 0 Å². The molecule has 0 aromatic heterocycles. The molecule has 0 spiro atoms. The predicted octanol–water partition coefficient (Wildman–Crippen LogP) is 10.1. The highest BCUT2D eigenvalue weighted by atomic mass is 32.3. The Hall–Kier alpha value is -4.27. The van der Waals surface area contributed by atoms with Crippen molar-refractivity contribution in [2.45, 2.75) is 32.9 Å². The van der Waals surface area contributed by atoms with Crippen LogP contribution in [0.2, 0.25) is 0 Å². The molecule has 0 amide bonds. The minimum atomic E-state index is -1.74. The smallest absolute Gasteiger partial charge is 0.0414 e. The molecule has 6 rings (SSSR count). The highest BCUT2D eigenvalue weighted by Gasteiger charge is 2.37. The lowest BCUT2D eigenvalue weighted by molar-refractivity contribution is 1.13. The average Bonchev–Trinajstić information content (AvgIpc) is 3.38. The largest absolute Gasteiger partial charge is 0.345 e. The summed E-state index contributed by atoms with van der Waals surface area (Å²) in [5.41, 5.74) is 7.62. The Kier molecular flexibility index (Phi) is 6.72. The number of benzene rings is 5. The van der Waals surface area contributed by atoms with Gasteiger partial charge in [-0.3, -0.25) is 0 Å². The van der Waals surface area contributed by atoms with Crippen molar-refractivity contribution in [1.29, 1.82) is 0 Å². The Morgan fingerprint density at radius 2 is 1.26 bits per heavy atom. The summed E-state index contributed by atoms with van der Waals surface area (Å²) in [5.74, 6) is 0. The molecule has 0 aliphatic heterocycles. The fourth-order valence-corrected chi connectivity index (χ4v) is 9.90. The average molecular weight is 524 g/mol. The van der Waals surface area contributed by atoms with E-state index in [1.807, 2.05) is 13.0 Å². The Bertz CT molecular complexity index is 1560. The van der Waals surface area contributed by atoms with E-state index in [2.05, 4.69) is 152 Å². The van der Waals surface area contributed by atoms with Gasteiger partial charge in [0, 0.05) is 38.0 Å². The van der Waals surface area contributed by atoms with Gasteiger partial charge >= 0.3 is 0 Å². The van der Waals surface area contributed by atoms with E-state index in [1.54, 1.807) is 0 Å². The molecule has 0 unspecified atom stereocenters. The molecule has 192 valence electrons. The first-order valence-corrected chi connectivity index (χ1v) is 15.1. The number of hydrogen-bond acceptors (Lipinski definition) is 1. The van der Waals surface area contributed by atoms with Gasteiger partial charge in [0.2, 0.25) is 0 Å². The van der Waals surface area contributed by atoms with Crippen LogP contribution in [0.3, 0.4) is 0 Å². The molecule has 0 heterocycles. The first-order chi connectivity index (χ1) is 19.1. The lowest BCUT2D eigenvalue weighted by Gasteiger charge is -2.43. The summed E-state index contributed by atoms with van der Waals surface area (Å²) in [4.78, 5) is 7.66. The Morgan fingerprint density at radius 1 is 0.692 bits per heavy atom. The standard InChI is InChI=1S/C37H33NS/c1-4-15-28(2)38(3)30-25-24-29-26-36-34(35(29)27-30)22-14-23-37(36)39(31-16-8-5-9-17-31,32-18-10-6-11-19-32)33-20-12-7-13-21-33/h4-25,27H,2,26H2,1,3H3/b15-4-. The predicted molar refractivity (Wildman–Crippen MR) is 167 cm³/mol. The van der Waals surface area contributed by atoms with Crippen molar-refractivity contribution in [2.75, 3.05) is 11.9 Å². The first-order valence-electron chi connectivity index (χ1n) is 13.4. The van der Waals surface area contributed by atoms with Crippen LogP contribution in [0.1, 0.15) is 18.1 Å². The molecule has 0 radical (unpaired) electrons. The zero-order valence-corrected chi connectivity index (χ0v) is 23.4. The van der Waals surface area contributed by atoms with Crippen molar-refractivity contribution in [3.63, 3.8) is 0 Å². The number of hydrogen-bond donors (Lipinski definition) is 0. The van der Waals surface area contributed by atoms with Crippen LogP contribution in [0, 0.1) is 0 Å². The van der Waals surface area contributed by atoms with E-state index in [0.717, 1.165) is 17.8 Å². The SMILES string of the molecule is C=C(/C=C\C)N(C)c1ccc2c(c1)-c1cccc(S(c3ccccc3)(c3ccccc3)c3ccccc3)c1C2. The molecule has 0 bridgehead atoms. The molecule has 0 N–H and O–H groups in total. The second kappa shape index (κ2) is 10.5. The maximum absolute atomic E-state index is 4.25. The topological polar surface area (TPSA) is 3.24 Å². The van der Waals surface area contributed by atoms with Gasteiger partial charge in [0.05, 0.1) is 0 Å². The Labute approximate surface area is 234 Å². The quantitative estimate of drug-likeness (QED) is 0.188. The van der Waals surface area contributed by atoms with Gasteiger partial charge in [-0.05, 0) is 96.3 Å². The van der Waals surface area contributed by atoms with Crippen molar-refractivity contribution >= 4 is 15.7 Å². The fraction of sp³-hybridized carbons (Fsp3) is 0.0811. The minimum Gasteiger partial charge on any atom is -0.345 e. The van der Waals surface area contributed by atoms with Gasteiger partial charge in [0.25, 0.3) is 0 Å². The maximum atomic E-state index is 4.25. The number of nitrogens with zero attached hydrogens (tertiary/aromatic N) is 1. The van der Waals surface area contributed by atoms with E-state index < -0.39 is 10.0 Å². The van der Waals surface area contributed by atoms with Gasteiger partial charge in [0.1, 0.15) is 0 Å². The monoisotopic (exact) mass is 523 g/mol. The third-order valence-corrected chi connectivity index (χ3v) is 11.7. The van der Waals surface area contributed by atoms with Crippen LogP contribution in [-0.4, -0.2) is 7.05 Å². The molecule has 0 saturated heterocycles. The fourth-order valence-electron chi connectivity index (χ4n) is 5.79. The van der Waals surface area contributed by atoms with E-state index in [4.69, 9.17) is 0 Å². The first kappa shape index (κ1) is 25.0. The maximum Gasteiger partial charge on any atom is 0.0414 e. The van der Waals surface area contributed by atoms with Crippen molar-refractivity contribution in [3.05, 3.63) is 163 Å². The summed E-state index contributed by atoms with van der Waals surface area (Å²) in [7, 11) is 0.354. The number of allylic oxidation sites excluding steroid dienone is 2. The van der Waals surface area contributed by atoms with Crippen molar-refractivity contribution < 1.29 is 0 Å². The molecule has 0 saturated carbocycles. The van der Waals surface area contributed by atoms with Gasteiger partial charge in [-0.2, -0.15) is 0 Å². The lowest BCUT2D eigenvalue weighted by Crippen LogP contribution is -2.13. The third kappa shape index (κ3) is 4.22. The summed E-state index contributed by atoms with van der Waals surface area (Å²) in [6.07, 6.45) is 5.02. The van der Waals surface area contributed by atoms with Crippen LogP contribution >= 0.6 is 10.0 Å². The van der Waals surface area contributed by atoms with E-state index in [0.29, 0.717) is 0 Å². The number of likely N-dealkylation sites (N-methyl/N-ethyl adjacent to an activating group) is 1. The summed E-state index contributed by atoms with van der Waals surface area (Å²) >= 11 is 0. The van der Waals surface area contributed by atoms with Gasteiger partial charge in [-0.1, -0.05) is 85.5 Å². The van der Waals surface area contributed by atoms with Gasteiger partial charge in [-0.15, -0.1) is 10.0 Å². The van der Waals surface area contributed by atoms with E-state index in [-0.39, 0.29) is 0 Å². The number of fused-ring (bicyclic) bond motifs is 3.